The molecule has 1 rings (SSSR count). The van der Waals surface area contributed by atoms with Gasteiger partial charge in [-0.2, -0.15) is 0 Å². The second-order valence-electron chi connectivity index (χ2n) is 6.49. The van der Waals surface area contributed by atoms with E-state index in [4.69, 9.17) is 14.2 Å². The molecule has 0 saturated carbocycles. The fraction of sp³-hybridized carbons (Fsp3) is 0.600. The van der Waals surface area contributed by atoms with Crippen molar-refractivity contribution in [3.8, 4) is 17.2 Å². The molecule has 0 bridgehead atoms. The average Bonchev–Trinajstić information content (AvgIpc) is 2.66. The van der Waals surface area contributed by atoms with Gasteiger partial charge in [-0.3, -0.25) is 9.59 Å². The number of carbonyl (C=O) groups excluding carboxylic acids is 1. The van der Waals surface area contributed by atoms with Crippen LogP contribution in [0.3, 0.4) is 0 Å². The number of rotatable bonds is 12. The molecule has 0 fully saturated rings. The van der Waals surface area contributed by atoms with Gasteiger partial charge < -0.3 is 24.4 Å². The van der Waals surface area contributed by atoms with Gasteiger partial charge in [-0.15, -0.1) is 0 Å². The molecule has 7 heteroatoms. The molecule has 0 amide bonds. The molecule has 0 saturated heterocycles. The van der Waals surface area contributed by atoms with E-state index < -0.39 is 17.9 Å². The highest BCUT2D eigenvalue weighted by molar-refractivity contribution is 5.94. The third-order valence-corrected chi connectivity index (χ3v) is 4.57. The number of carbonyl (C=O) groups is 2. The Morgan fingerprint density at radius 2 is 1.70 bits per heavy atom. The number of unbranched alkanes of at least 4 members (excludes halogenated alkanes) is 1. The summed E-state index contributed by atoms with van der Waals surface area (Å²) in [5, 5.41) is 19.4. The zero-order chi connectivity index (χ0) is 20.4. The summed E-state index contributed by atoms with van der Waals surface area (Å²) in [6.07, 6.45) is 3.84. The Morgan fingerprint density at radius 1 is 1.11 bits per heavy atom. The SMILES string of the molecule is CCCCC(CC)COC(=O)C(Cc1cc(OC)c(O)c(OC)c1)C(=O)O. The number of esters is 1. The fourth-order valence-corrected chi connectivity index (χ4v) is 2.77. The predicted octanol–water partition coefficient (Wildman–Crippen LogP) is 3.41. The summed E-state index contributed by atoms with van der Waals surface area (Å²) in [5.74, 6) is -3.01. The largest absolute Gasteiger partial charge is 0.502 e. The van der Waals surface area contributed by atoms with E-state index in [1.165, 1.54) is 26.4 Å². The first-order valence-corrected chi connectivity index (χ1v) is 9.21. The van der Waals surface area contributed by atoms with E-state index in [-0.39, 0.29) is 36.2 Å². The average molecular weight is 382 g/mol. The van der Waals surface area contributed by atoms with Gasteiger partial charge in [0.1, 0.15) is 0 Å². The van der Waals surface area contributed by atoms with Gasteiger partial charge >= 0.3 is 11.9 Å². The number of carboxylic acid groups (broad SMARTS) is 1. The summed E-state index contributed by atoms with van der Waals surface area (Å²) >= 11 is 0. The van der Waals surface area contributed by atoms with Crippen LogP contribution in [-0.2, 0) is 20.7 Å². The molecular weight excluding hydrogens is 352 g/mol. The number of aliphatic carboxylic acids is 1. The highest BCUT2D eigenvalue weighted by atomic mass is 16.5. The van der Waals surface area contributed by atoms with Crippen molar-refractivity contribution in [1.82, 2.24) is 0 Å². The quantitative estimate of drug-likeness (QED) is 0.422. The zero-order valence-electron chi connectivity index (χ0n) is 16.5. The molecule has 0 radical (unpaired) electrons. The molecule has 27 heavy (non-hydrogen) atoms. The molecule has 0 aliphatic carbocycles. The molecule has 2 N–H and O–H groups in total. The number of methoxy groups -OCH3 is 2. The highest BCUT2D eigenvalue weighted by Gasteiger charge is 2.29. The summed E-state index contributed by atoms with van der Waals surface area (Å²) in [6.45, 7) is 4.35. The molecule has 2 unspecified atom stereocenters. The normalized spacial score (nSPS) is 12.9. The zero-order valence-corrected chi connectivity index (χ0v) is 16.5. The first-order chi connectivity index (χ1) is 12.9. The molecule has 0 aliphatic rings. The summed E-state index contributed by atoms with van der Waals surface area (Å²) in [7, 11) is 2.75. The number of carboxylic acids is 1. The summed E-state index contributed by atoms with van der Waals surface area (Å²) in [6, 6.07) is 2.97. The number of benzene rings is 1. The van der Waals surface area contributed by atoms with Crippen molar-refractivity contribution in [2.45, 2.75) is 46.0 Å². The first kappa shape index (κ1) is 22.6. The Hall–Kier alpha value is -2.44. The second-order valence-corrected chi connectivity index (χ2v) is 6.49. The van der Waals surface area contributed by atoms with Gasteiger partial charge in [-0.1, -0.05) is 33.1 Å². The van der Waals surface area contributed by atoms with Crippen molar-refractivity contribution in [1.29, 1.82) is 0 Å². The van der Waals surface area contributed by atoms with Gasteiger partial charge in [0.25, 0.3) is 0 Å². The molecule has 0 spiro atoms. The lowest BCUT2D eigenvalue weighted by molar-refractivity contribution is -0.159. The van der Waals surface area contributed by atoms with E-state index in [2.05, 4.69) is 6.92 Å². The third kappa shape index (κ3) is 6.66. The molecule has 7 nitrogen and oxygen atoms in total. The van der Waals surface area contributed by atoms with Gasteiger partial charge in [0.15, 0.2) is 17.4 Å². The van der Waals surface area contributed by atoms with Gasteiger partial charge in [0.05, 0.1) is 20.8 Å². The Labute approximate surface area is 160 Å². The fourth-order valence-electron chi connectivity index (χ4n) is 2.77. The van der Waals surface area contributed by atoms with Gasteiger partial charge in [0.2, 0.25) is 5.75 Å². The summed E-state index contributed by atoms with van der Waals surface area (Å²) < 4.78 is 15.4. The van der Waals surface area contributed by atoms with Crippen molar-refractivity contribution in [3.05, 3.63) is 17.7 Å². The molecular formula is C20H30O7. The number of phenolic OH excluding ortho intramolecular Hbond substituents is 1. The van der Waals surface area contributed by atoms with Crippen LogP contribution in [0.15, 0.2) is 12.1 Å². The minimum absolute atomic E-state index is 0.0904. The number of phenols is 1. The maximum Gasteiger partial charge on any atom is 0.320 e. The molecule has 2 atom stereocenters. The van der Waals surface area contributed by atoms with E-state index in [0.717, 1.165) is 25.7 Å². The lowest BCUT2D eigenvalue weighted by Gasteiger charge is -2.18. The lowest BCUT2D eigenvalue weighted by atomic mass is 9.98. The van der Waals surface area contributed by atoms with E-state index in [1.807, 2.05) is 6.92 Å². The van der Waals surface area contributed by atoms with Crippen LogP contribution in [0.2, 0.25) is 0 Å². The minimum atomic E-state index is -1.34. The standard InChI is InChI=1S/C20H30O7/c1-5-7-8-13(6-2)12-27-20(24)15(19(22)23)9-14-10-16(25-3)18(21)17(11-14)26-4/h10-11,13,15,21H,5-9,12H2,1-4H3,(H,22,23). The monoisotopic (exact) mass is 382 g/mol. The van der Waals surface area contributed by atoms with Crippen LogP contribution in [0.1, 0.15) is 45.1 Å². The Bertz CT molecular complexity index is 602. The number of hydrogen-bond acceptors (Lipinski definition) is 6. The van der Waals surface area contributed by atoms with Gasteiger partial charge in [-0.05, 0) is 36.5 Å². The van der Waals surface area contributed by atoms with E-state index >= 15 is 0 Å². The summed E-state index contributed by atoms with van der Waals surface area (Å²) in [5.41, 5.74) is 0.490. The molecule has 0 heterocycles. The molecule has 0 aliphatic heterocycles. The third-order valence-electron chi connectivity index (χ3n) is 4.57. The number of hydrogen-bond donors (Lipinski definition) is 2. The van der Waals surface area contributed by atoms with Crippen molar-refractivity contribution in [2.75, 3.05) is 20.8 Å². The maximum atomic E-state index is 12.3. The van der Waals surface area contributed by atoms with E-state index in [1.54, 1.807) is 0 Å². The van der Waals surface area contributed by atoms with Gasteiger partial charge in [0, 0.05) is 0 Å². The van der Waals surface area contributed by atoms with E-state index in [0.29, 0.717) is 5.56 Å². The number of aromatic hydroxyl groups is 1. The topological polar surface area (TPSA) is 102 Å². The van der Waals surface area contributed by atoms with Crippen LogP contribution in [0.25, 0.3) is 0 Å². The van der Waals surface area contributed by atoms with Crippen molar-refractivity contribution < 1.29 is 34.0 Å². The van der Waals surface area contributed by atoms with Crippen molar-refractivity contribution >= 4 is 11.9 Å². The van der Waals surface area contributed by atoms with Crippen LogP contribution >= 0.6 is 0 Å². The van der Waals surface area contributed by atoms with Gasteiger partial charge in [-0.25, -0.2) is 0 Å². The van der Waals surface area contributed by atoms with Crippen LogP contribution < -0.4 is 9.47 Å². The lowest BCUT2D eigenvalue weighted by Crippen LogP contribution is -2.29. The molecule has 1 aromatic rings. The van der Waals surface area contributed by atoms with E-state index in [9.17, 15) is 19.8 Å². The minimum Gasteiger partial charge on any atom is -0.502 e. The van der Waals surface area contributed by atoms with Crippen LogP contribution in [-0.4, -0.2) is 43.0 Å². The summed E-state index contributed by atoms with van der Waals surface area (Å²) in [4.78, 5) is 23.9. The Kier molecular flexibility index (Phi) is 9.47. The number of ether oxygens (including phenoxy) is 3. The molecule has 1 aromatic carbocycles. The highest BCUT2D eigenvalue weighted by Crippen LogP contribution is 2.37. The predicted molar refractivity (Wildman–Crippen MR) is 100 cm³/mol. The van der Waals surface area contributed by atoms with Crippen LogP contribution in [0.4, 0.5) is 0 Å². The molecule has 0 aromatic heterocycles. The Morgan fingerprint density at radius 3 is 2.15 bits per heavy atom. The molecule has 152 valence electrons. The maximum absolute atomic E-state index is 12.3. The smallest absolute Gasteiger partial charge is 0.320 e. The second kappa shape index (κ2) is 11.3. The van der Waals surface area contributed by atoms with Crippen molar-refractivity contribution in [3.63, 3.8) is 0 Å². The first-order valence-electron chi connectivity index (χ1n) is 9.21. The van der Waals surface area contributed by atoms with Crippen LogP contribution in [0.5, 0.6) is 17.2 Å². The van der Waals surface area contributed by atoms with Crippen LogP contribution in [0, 0.1) is 11.8 Å². The Balaban J connectivity index is 2.87. The van der Waals surface area contributed by atoms with Crippen molar-refractivity contribution in [2.24, 2.45) is 11.8 Å².